The number of hydrogen-bond donors (Lipinski definition) is 1. The summed E-state index contributed by atoms with van der Waals surface area (Å²) in [5.74, 6) is -0.544. The van der Waals surface area contributed by atoms with Crippen molar-refractivity contribution in [3.05, 3.63) is 28.2 Å². The minimum Gasteiger partial charge on any atom is -0.462 e. The van der Waals surface area contributed by atoms with Crippen LogP contribution in [0.4, 0.5) is 0 Å². The van der Waals surface area contributed by atoms with Crippen molar-refractivity contribution in [2.24, 2.45) is 5.73 Å². The molecule has 22 heavy (non-hydrogen) atoms. The lowest BCUT2D eigenvalue weighted by Crippen LogP contribution is -2.39. The van der Waals surface area contributed by atoms with Crippen molar-refractivity contribution in [1.82, 2.24) is 4.31 Å². The Bertz CT molecular complexity index is 663. The molecule has 0 spiro atoms. The van der Waals surface area contributed by atoms with Crippen LogP contribution in [0.5, 0.6) is 0 Å². The molecule has 6 nitrogen and oxygen atoms in total. The predicted octanol–water partition coefficient (Wildman–Crippen LogP) is 1.74. The molecule has 2 N–H and O–H groups in total. The summed E-state index contributed by atoms with van der Waals surface area (Å²) in [5, 5.41) is 0. The smallest absolute Gasteiger partial charge is 0.338 e. The molecule has 1 aromatic carbocycles. The lowest BCUT2D eigenvalue weighted by atomic mass is 10.2. The fourth-order valence-electron chi connectivity index (χ4n) is 2.54. The molecule has 1 aliphatic rings. The molecule has 8 heteroatoms. The van der Waals surface area contributed by atoms with E-state index in [-0.39, 0.29) is 29.7 Å². The van der Waals surface area contributed by atoms with Gasteiger partial charge in [0.2, 0.25) is 10.0 Å². The predicted molar refractivity (Wildman–Crippen MR) is 86.1 cm³/mol. The summed E-state index contributed by atoms with van der Waals surface area (Å²) in [7, 11) is -3.68. The Kier molecular flexibility index (Phi) is 5.60. The van der Waals surface area contributed by atoms with Gasteiger partial charge in [-0.1, -0.05) is 15.9 Å². The van der Waals surface area contributed by atoms with Crippen LogP contribution in [0, 0.1) is 0 Å². The second kappa shape index (κ2) is 7.08. The number of carbonyl (C=O) groups excluding carboxylic acids is 1. The van der Waals surface area contributed by atoms with Crippen LogP contribution in [-0.2, 0) is 14.8 Å². The Morgan fingerprint density at radius 2 is 2.18 bits per heavy atom. The van der Waals surface area contributed by atoms with Crippen LogP contribution in [0.3, 0.4) is 0 Å². The fourth-order valence-corrected chi connectivity index (χ4v) is 4.96. The largest absolute Gasteiger partial charge is 0.462 e. The Hall–Kier alpha value is -0.960. The molecule has 0 aliphatic carbocycles. The molecule has 1 fully saturated rings. The highest BCUT2D eigenvalue weighted by atomic mass is 79.9. The van der Waals surface area contributed by atoms with E-state index in [4.69, 9.17) is 10.5 Å². The van der Waals surface area contributed by atoms with E-state index in [1.54, 1.807) is 13.0 Å². The van der Waals surface area contributed by atoms with Crippen LogP contribution in [0.2, 0.25) is 0 Å². The Balaban J connectivity index is 2.41. The maximum absolute atomic E-state index is 12.8. The number of ether oxygens (including phenoxy) is 1. The van der Waals surface area contributed by atoms with Crippen LogP contribution < -0.4 is 5.73 Å². The molecule has 0 bridgehead atoms. The summed E-state index contributed by atoms with van der Waals surface area (Å²) in [5.41, 5.74) is 5.86. The van der Waals surface area contributed by atoms with Crippen molar-refractivity contribution in [2.45, 2.75) is 30.7 Å². The van der Waals surface area contributed by atoms with Crippen LogP contribution in [0.1, 0.15) is 30.1 Å². The molecule has 2 rings (SSSR count). The molecule has 1 atom stereocenters. The topological polar surface area (TPSA) is 89.7 Å². The molecule has 0 amide bonds. The van der Waals surface area contributed by atoms with Crippen molar-refractivity contribution in [2.75, 3.05) is 19.7 Å². The number of hydrogen-bond acceptors (Lipinski definition) is 5. The number of rotatable bonds is 5. The van der Waals surface area contributed by atoms with Gasteiger partial charge in [-0.25, -0.2) is 13.2 Å². The second-order valence-electron chi connectivity index (χ2n) is 5.04. The Morgan fingerprint density at radius 3 is 2.82 bits per heavy atom. The molecule has 122 valence electrons. The lowest BCUT2D eigenvalue weighted by Gasteiger charge is -2.23. The highest BCUT2D eigenvalue weighted by molar-refractivity contribution is 9.10. The molecule has 0 radical (unpaired) electrons. The van der Waals surface area contributed by atoms with Crippen molar-refractivity contribution in [1.29, 1.82) is 0 Å². The molecule has 1 saturated heterocycles. The van der Waals surface area contributed by atoms with E-state index < -0.39 is 16.0 Å². The van der Waals surface area contributed by atoms with Gasteiger partial charge in [-0.3, -0.25) is 0 Å². The first kappa shape index (κ1) is 17.4. The minimum atomic E-state index is -3.68. The van der Waals surface area contributed by atoms with Crippen molar-refractivity contribution >= 4 is 31.9 Å². The van der Waals surface area contributed by atoms with Crippen LogP contribution in [0.25, 0.3) is 0 Å². The summed E-state index contributed by atoms with van der Waals surface area (Å²) in [6.45, 7) is 2.67. The molecule has 1 unspecified atom stereocenters. The maximum atomic E-state index is 12.8. The highest BCUT2D eigenvalue weighted by Gasteiger charge is 2.35. The van der Waals surface area contributed by atoms with E-state index >= 15 is 0 Å². The van der Waals surface area contributed by atoms with E-state index in [2.05, 4.69) is 15.9 Å². The van der Waals surface area contributed by atoms with Crippen LogP contribution >= 0.6 is 15.9 Å². The van der Waals surface area contributed by atoms with Gasteiger partial charge in [-0.15, -0.1) is 0 Å². The van der Waals surface area contributed by atoms with Gasteiger partial charge in [0.05, 0.1) is 17.1 Å². The normalized spacial score (nSPS) is 19.3. The molecule has 1 aliphatic heterocycles. The number of esters is 1. The Morgan fingerprint density at radius 1 is 1.45 bits per heavy atom. The standard InChI is InChI=1S/C14H19BrN2O4S/c1-2-21-14(18)10-6-11(15)8-13(7-10)22(19,20)17-5-3-4-12(17)9-16/h6-8,12H,2-5,9,16H2,1H3. The van der Waals surface area contributed by atoms with Gasteiger partial charge in [0.15, 0.2) is 0 Å². The zero-order valence-electron chi connectivity index (χ0n) is 12.3. The first-order chi connectivity index (χ1) is 10.4. The number of sulfonamides is 1. The van der Waals surface area contributed by atoms with Crippen molar-refractivity contribution in [3.8, 4) is 0 Å². The SMILES string of the molecule is CCOC(=O)c1cc(Br)cc(S(=O)(=O)N2CCCC2CN)c1. The molecule has 1 aromatic rings. The number of nitrogens with two attached hydrogens (primary N) is 1. The number of nitrogens with zero attached hydrogens (tertiary/aromatic N) is 1. The van der Waals surface area contributed by atoms with E-state index in [1.807, 2.05) is 0 Å². The maximum Gasteiger partial charge on any atom is 0.338 e. The van der Waals surface area contributed by atoms with Gasteiger partial charge in [-0.2, -0.15) is 4.31 Å². The first-order valence-corrected chi connectivity index (χ1v) is 9.33. The third kappa shape index (κ3) is 3.51. The van der Waals surface area contributed by atoms with E-state index in [0.29, 0.717) is 11.0 Å². The second-order valence-corrected chi connectivity index (χ2v) is 7.85. The third-order valence-electron chi connectivity index (χ3n) is 3.58. The fraction of sp³-hybridized carbons (Fsp3) is 0.500. The molecule has 0 aromatic heterocycles. The van der Waals surface area contributed by atoms with Crippen molar-refractivity contribution in [3.63, 3.8) is 0 Å². The zero-order chi connectivity index (χ0) is 16.3. The van der Waals surface area contributed by atoms with Crippen LogP contribution in [-0.4, -0.2) is 44.4 Å². The summed E-state index contributed by atoms with van der Waals surface area (Å²) >= 11 is 3.25. The van der Waals surface area contributed by atoms with Gasteiger partial charge in [-0.05, 0) is 38.0 Å². The van der Waals surface area contributed by atoms with E-state index in [0.717, 1.165) is 12.8 Å². The van der Waals surface area contributed by atoms with Gasteiger partial charge in [0.1, 0.15) is 0 Å². The quantitative estimate of drug-likeness (QED) is 0.773. The van der Waals surface area contributed by atoms with E-state index in [9.17, 15) is 13.2 Å². The average molecular weight is 391 g/mol. The zero-order valence-corrected chi connectivity index (χ0v) is 14.7. The monoisotopic (exact) mass is 390 g/mol. The summed E-state index contributed by atoms with van der Waals surface area (Å²) in [6.07, 6.45) is 1.55. The Labute approximate surface area is 138 Å². The average Bonchev–Trinajstić information content (AvgIpc) is 2.96. The third-order valence-corrected chi connectivity index (χ3v) is 5.97. The number of halogens is 1. The molecule has 0 saturated carbocycles. The molecular weight excluding hydrogens is 372 g/mol. The summed E-state index contributed by atoms with van der Waals surface area (Å²) < 4.78 is 32.4. The summed E-state index contributed by atoms with van der Waals surface area (Å²) in [4.78, 5) is 11.9. The van der Waals surface area contributed by atoms with Crippen molar-refractivity contribution < 1.29 is 17.9 Å². The highest BCUT2D eigenvalue weighted by Crippen LogP contribution is 2.28. The van der Waals surface area contributed by atoms with Gasteiger partial charge in [0, 0.05) is 23.6 Å². The molecule has 1 heterocycles. The first-order valence-electron chi connectivity index (χ1n) is 7.09. The van der Waals surface area contributed by atoms with Gasteiger partial charge < -0.3 is 10.5 Å². The van der Waals surface area contributed by atoms with Crippen LogP contribution in [0.15, 0.2) is 27.6 Å². The van der Waals surface area contributed by atoms with Gasteiger partial charge >= 0.3 is 5.97 Å². The molecular formula is C14H19BrN2O4S. The number of benzene rings is 1. The van der Waals surface area contributed by atoms with Gasteiger partial charge in [0.25, 0.3) is 0 Å². The lowest BCUT2D eigenvalue weighted by molar-refractivity contribution is 0.0526. The minimum absolute atomic E-state index is 0.0743. The van der Waals surface area contributed by atoms with E-state index in [1.165, 1.54) is 16.4 Å². The number of carbonyl (C=O) groups is 1. The summed E-state index contributed by atoms with van der Waals surface area (Å²) in [6, 6.07) is 4.20.